The zero-order valence-electron chi connectivity index (χ0n) is 8.99. The van der Waals surface area contributed by atoms with E-state index in [1.54, 1.807) is 0 Å². The van der Waals surface area contributed by atoms with Crippen LogP contribution >= 0.6 is 0 Å². The molecule has 0 unspecified atom stereocenters. The lowest BCUT2D eigenvalue weighted by Crippen LogP contribution is -1.98. The lowest BCUT2D eigenvalue weighted by molar-refractivity contribution is 0.169. The van der Waals surface area contributed by atoms with Crippen LogP contribution in [0.2, 0.25) is 0 Å². The van der Waals surface area contributed by atoms with E-state index in [0.717, 1.165) is 30.3 Å². The molecule has 0 fully saturated rings. The highest BCUT2D eigenvalue weighted by Crippen LogP contribution is 2.40. The van der Waals surface area contributed by atoms with Crippen molar-refractivity contribution in [3.05, 3.63) is 18.2 Å². The molecule has 0 bridgehead atoms. The van der Waals surface area contributed by atoms with Gasteiger partial charge in [-0.05, 0) is 18.6 Å². The minimum absolute atomic E-state index is 0.296. The summed E-state index contributed by atoms with van der Waals surface area (Å²) in [5.41, 5.74) is 0. The summed E-state index contributed by atoms with van der Waals surface area (Å²) in [4.78, 5) is 0. The van der Waals surface area contributed by atoms with Crippen molar-refractivity contribution >= 4 is 0 Å². The molecular formula is C12H16O3. The molecule has 1 aromatic carbocycles. The van der Waals surface area contributed by atoms with Crippen LogP contribution in [0.3, 0.4) is 0 Å². The molecule has 0 N–H and O–H groups in total. The van der Waals surface area contributed by atoms with Gasteiger partial charge < -0.3 is 14.2 Å². The summed E-state index contributed by atoms with van der Waals surface area (Å²) in [6.45, 7) is 3.22. The predicted octanol–water partition coefficient (Wildman–Crippen LogP) is 2.98. The molecule has 1 aromatic rings. The molecule has 0 atom stereocenters. The van der Waals surface area contributed by atoms with E-state index in [1.165, 1.54) is 12.8 Å². The van der Waals surface area contributed by atoms with Crippen LogP contribution in [0.4, 0.5) is 0 Å². The Balaban J connectivity index is 1.94. The third-order valence-electron chi connectivity index (χ3n) is 2.37. The quantitative estimate of drug-likeness (QED) is 0.696. The van der Waals surface area contributed by atoms with Gasteiger partial charge in [0.2, 0.25) is 12.5 Å². The van der Waals surface area contributed by atoms with Crippen LogP contribution in [-0.4, -0.2) is 13.4 Å². The number of ether oxygens (including phenoxy) is 3. The third-order valence-corrected chi connectivity index (χ3v) is 2.37. The Bertz CT molecular complexity index is 323. The number of unbranched alkanes of at least 4 members (excludes halogenated alkanes) is 2. The van der Waals surface area contributed by atoms with Gasteiger partial charge in [-0.25, -0.2) is 0 Å². The van der Waals surface area contributed by atoms with Crippen molar-refractivity contribution in [2.24, 2.45) is 0 Å². The molecular weight excluding hydrogens is 192 g/mol. The van der Waals surface area contributed by atoms with E-state index < -0.39 is 0 Å². The molecule has 0 radical (unpaired) electrons. The van der Waals surface area contributed by atoms with Gasteiger partial charge in [-0.15, -0.1) is 0 Å². The Morgan fingerprint density at radius 3 is 3.07 bits per heavy atom. The van der Waals surface area contributed by atoms with Crippen LogP contribution in [0.15, 0.2) is 18.2 Å². The first-order valence-corrected chi connectivity index (χ1v) is 5.43. The van der Waals surface area contributed by atoms with E-state index in [-0.39, 0.29) is 0 Å². The van der Waals surface area contributed by atoms with Crippen LogP contribution < -0.4 is 14.2 Å². The van der Waals surface area contributed by atoms with Gasteiger partial charge in [0, 0.05) is 0 Å². The fraction of sp³-hybridized carbons (Fsp3) is 0.500. The van der Waals surface area contributed by atoms with Crippen molar-refractivity contribution in [2.75, 3.05) is 13.4 Å². The Hall–Kier alpha value is -1.38. The highest BCUT2D eigenvalue weighted by atomic mass is 16.7. The van der Waals surface area contributed by atoms with E-state index in [9.17, 15) is 0 Å². The Morgan fingerprint density at radius 2 is 2.20 bits per heavy atom. The maximum atomic E-state index is 5.65. The van der Waals surface area contributed by atoms with E-state index in [1.807, 2.05) is 18.2 Å². The molecule has 0 aromatic heterocycles. The molecule has 15 heavy (non-hydrogen) atoms. The molecule has 82 valence electrons. The topological polar surface area (TPSA) is 27.7 Å². The largest absolute Gasteiger partial charge is 0.490 e. The molecule has 3 nitrogen and oxygen atoms in total. The fourth-order valence-electron chi connectivity index (χ4n) is 1.55. The maximum absolute atomic E-state index is 5.65. The molecule has 0 saturated heterocycles. The zero-order chi connectivity index (χ0) is 10.5. The normalized spacial score (nSPS) is 12.9. The SMILES string of the molecule is CCCCCOc1cccc2c1OCO2. The van der Waals surface area contributed by atoms with Gasteiger partial charge in [-0.1, -0.05) is 25.8 Å². The number of fused-ring (bicyclic) bond motifs is 1. The van der Waals surface area contributed by atoms with Gasteiger partial charge in [0.1, 0.15) is 0 Å². The molecule has 1 aliphatic heterocycles. The van der Waals surface area contributed by atoms with Gasteiger partial charge in [-0.2, -0.15) is 0 Å². The highest BCUT2D eigenvalue weighted by Gasteiger charge is 2.17. The van der Waals surface area contributed by atoms with Crippen molar-refractivity contribution in [2.45, 2.75) is 26.2 Å². The van der Waals surface area contributed by atoms with Crippen LogP contribution in [0.1, 0.15) is 26.2 Å². The summed E-state index contributed by atoms with van der Waals surface area (Å²) in [7, 11) is 0. The van der Waals surface area contributed by atoms with E-state index >= 15 is 0 Å². The van der Waals surface area contributed by atoms with Gasteiger partial charge in [-0.3, -0.25) is 0 Å². The lowest BCUT2D eigenvalue weighted by Gasteiger charge is -2.07. The Kier molecular flexibility index (Phi) is 3.33. The van der Waals surface area contributed by atoms with Crippen molar-refractivity contribution in [3.63, 3.8) is 0 Å². The zero-order valence-corrected chi connectivity index (χ0v) is 8.99. The fourth-order valence-corrected chi connectivity index (χ4v) is 1.55. The van der Waals surface area contributed by atoms with Gasteiger partial charge in [0.25, 0.3) is 0 Å². The molecule has 0 saturated carbocycles. The van der Waals surface area contributed by atoms with Crippen molar-refractivity contribution in [1.29, 1.82) is 0 Å². The van der Waals surface area contributed by atoms with Crippen molar-refractivity contribution in [3.8, 4) is 17.2 Å². The highest BCUT2D eigenvalue weighted by molar-refractivity contribution is 5.52. The number of benzene rings is 1. The lowest BCUT2D eigenvalue weighted by atomic mass is 10.2. The second-order valence-electron chi connectivity index (χ2n) is 3.55. The average molecular weight is 208 g/mol. The molecule has 0 spiro atoms. The minimum atomic E-state index is 0.296. The molecule has 0 aliphatic carbocycles. The first-order valence-electron chi connectivity index (χ1n) is 5.43. The molecule has 1 aliphatic rings. The second kappa shape index (κ2) is 4.91. The van der Waals surface area contributed by atoms with Crippen molar-refractivity contribution < 1.29 is 14.2 Å². The first-order chi connectivity index (χ1) is 7.42. The number of rotatable bonds is 5. The minimum Gasteiger partial charge on any atom is -0.490 e. The van der Waals surface area contributed by atoms with Crippen LogP contribution in [0.25, 0.3) is 0 Å². The maximum Gasteiger partial charge on any atom is 0.231 e. The number of hydrogen-bond acceptors (Lipinski definition) is 3. The smallest absolute Gasteiger partial charge is 0.231 e. The Morgan fingerprint density at radius 1 is 1.27 bits per heavy atom. The standard InChI is InChI=1S/C12H16O3/c1-2-3-4-8-13-10-6-5-7-11-12(10)15-9-14-11/h5-7H,2-4,8-9H2,1H3. The third kappa shape index (κ3) is 2.35. The van der Waals surface area contributed by atoms with Crippen molar-refractivity contribution in [1.82, 2.24) is 0 Å². The number of hydrogen-bond donors (Lipinski definition) is 0. The molecule has 0 amide bonds. The van der Waals surface area contributed by atoms with Gasteiger partial charge >= 0.3 is 0 Å². The van der Waals surface area contributed by atoms with E-state index in [2.05, 4.69) is 6.92 Å². The molecule has 2 rings (SSSR count). The summed E-state index contributed by atoms with van der Waals surface area (Å²) in [5, 5.41) is 0. The van der Waals surface area contributed by atoms with Gasteiger partial charge in [0.05, 0.1) is 6.61 Å². The van der Waals surface area contributed by atoms with Crippen LogP contribution in [-0.2, 0) is 0 Å². The Labute approximate surface area is 90.0 Å². The van der Waals surface area contributed by atoms with E-state index in [0.29, 0.717) is 6.79 Å². The molecule has 1 heterocycles. The summed E-state index contributed by atoms with van der Waals surface area (Å²) >= 11 is 0. The summed E-state index contributed by atoms with van der Waals surface area (Å²) in [6, 6.07) is 5.73. The summed E-state index contributed by atoms with van der Waals surface area (Å²) in [6.07, 6.45) is 3.49. The monoisotopic (exact) mass is 208 g/mol. The summed E-state index contributed by atoms with van der Waals surface area (Å²) < 4.78 is 16.2. The predicted molar refractivity (Wildman–Crippen MR) is 57.6 cm³/mol. The van der Waals surface area contributed by atoms with E-state index in [4.69, 9.17) is 14.2 Å². The number of para-hydroxylation sites is 1. The van der Waals surface area contributed by atoms with Crippen LogP contribution in [0, 0.1) is 0 Å². The van der Waals surface area contributed by atoms with Gasteiger partial charge in [0.15, 0.2) is 11.5 Å². The first kappa shape index (κ1) is 10.1. The van der Waals surface area contributed by atoms with Crippen LogP contribution in [0.5, 0.6) is 17.2 Å². The molecule has 3 heteroatoms. The second-order valence-corrected chi connectivity index (χ2v) is 3.55. The summed E-state index contributed by atoms with van der Waals surface area (Å²) in [5.74, 6) is 2.32. The average Bonchev–Trinajstić information content (AvgIpc) is 2.73.